The molecule has 0 unspecified atom stereocenters. The third-order valence-electron chi connectivity index (χ3n) is 7.22. The van der Waals surface area contributed by atoms with E-state index in [0.717, 1.165) is 22.3 Å². The van der Waals surface area contributed by atoms with Crippen molar-refractivity contribution in [1.29, 1.82) is 0 Å². The minimum Gasteiger partial charge on any atom is -0.489 e. The molecular weight excluding hydrogens is 588 g/mol. The molecule has 1 heterocycles. The summed E-state index contributed by atoms with van der Waals surface area (Å²) in [5.74, 6) is 0.397. The van der Waals surface area contributed by atoms with Crippen LogP contribution in [0.1, 0.15) is 22.3 Å². The van der Waals surface area contributed by atoms with Crippen LogP contribution in [0.3, 0.4) is 0 Å². The van der Waals surface area contributed by atoms with E-state index in [2.05, 4.69) is 6.58 Å². The van der Waals surface area contributed by atoms with E-state index < -0.39 is 24.6 Å². The first kappa shape index (κ1) is 32.6. The van der Waals surface area contributed by atoms with Gasteiger partial charge in [-0.1, -0.05) is 139 Å². The zero-order valence-corrected chi connectivity index (χ0v) is 26.0. The second-order valence-electron chi connectivity index (χ2n) is 10.6. The quantitative estimate of drug-likeness (QED) is 0.118. The van der Waals surface area contributed by atoms with Gasteiger partial charge in [-0.05, 0) is 22.3 Å². The van der Waals surface area contributed by atoms with E-state index in [9.17, 15) is 0 Å². The maximum atomic E-state index is 7.10. The molecule has 0 fully saturated rings. The van der Waals surface area contributed by atoms with Crippen molar-refractivity contribution in [2.75, 3.05) is 13.2 Å². The fourth-order valence-electron chi connectivity index (χ4n) is 4.94. The number of rotatable bonds is 16. The molecule has 4 atom stereocenters. The molecule has 45 heavy (non-hydrogen) atoms. The summed E-state index contributed by atoms with van der Waals surface area (Å²) in [6, 6.07) is 39.8. The zero-order valence-electron chi connectivity index (χ0n) is 25.2. The van der Waals surface area contributed by atoms with Crippen molar-refractivity contribution in [2.45, 2.75) is 51.0 Å². The molecule has 1 aliphatic heterocycles. The summed E-state index contributed by atoms with van der Waals surface area (Å²) in [6.07, 6.45) is -1.33. The molecule has 0 N–H and O–H groups in total. The molecule has 5 rings (SSSR count). The van der Waals surface area contributed by atoms with Crippen molar-refractivity contribution in [3.63, 3.8) is 0 Å². The molecular formula is C38H39ClO6. The third-order valence-corrected chi connectivity index (χ3v) is 7.58. The van der Waals surface area contributed by atoms with Crippen LogP contribution < -0.4 is 0 Å². The molecule has 4 aromatic carbocycles. The van der Waals surface area contributed by atoms with Gasteiger partial charge in [-0.3, -0.25) is 0 Å². The fourth-order valence-corrected chi connectivity index (χ4v) is 5.22. The highest BCUT2D eigenvalue weighted by atomic mass is 35.5. The summed E-state index contributed by atoms with van der Waals surface area (Å²) in [6.45, 7) is 5.51. The van der Waals surface area contributed by atoms with Crippen LogP contribution in [0.25, 0.3) is 0 Å². The van der Waals surface area contributed by atoms with Gasteiger partial charge in [0.1, 0.15) is 35.7 Å². The highest BCUT2D eigenvalue weighted by Crippen LogP contribution is 2.35. The lowest BCUT2D eigenvalue weighted by atomic mass is 10.1. The van der Waals surface area contributed by atoms with Gasteiger partial charge in [0.2, 0.25) is 0 Å². The predicted octanol–water partition coefficient (Wildman–Crippen LogP) is 7.97. The van der Waals surface area contributed by atoms with Gasteiger partial charge in [0, 0.05) is 0 Å². The van der Waals surface area contributed by atoms with E-state index >= 15 is 0 Å². The summed E-state index contributed by atoms with van der Waals surface area (Å²) in [5.41, 5.74) is 4.04. The SMILES string of the molecule is C=CCO[C@H]1O[C@H](COCc2ccccc2)[C@@H](OCc2ccccc2)[C@H](OCc2ccccc2)C(OCc2ccccc2)=C1Cl. The van der Waals surface area contributed by atoms with Crippen molar-refractivity contribution in [1.82, 2.24) is 0 Å². The Balaban J connectivity index is 1.49. The number of hydrogen-bond acceptors (Lipinski definition) is 6. The number of halogens is 1. The third kappa shape index (κ3) is 9.87. The second kappa shape index (κ2) is 17.7. The van der Waals surface area contributed by atoms with Crippen molar-refractivity contribution in [2.24, 2.45) is 0 Å². The molecule has 0 saturated heterocycles. The summed E-state index contributed by atoms with van der Waals surface area (Å²) in [4.78, 5) is 0. The Labute approximate surface area is 270 Å². The van der Waals surface area contributed by atoms with Crippen molar-refractivity contribution in [3.05, 3.63) is 167 Å². The van der Waals surface area contributed by atoms with Crippen LogP contribution in [0.5, 0.6) is 0 Å². The molecule has 0 aliphatic carbocycles. The van der Waals surface area contributed by atoms with Crippen molar-refractivity contribution in [3.8, 4) is 0 Å². The maximum Gasteiger partial charge on any atom is 0.198 e. The number of hydrogen-bond donors (Lipinski definition) is 0. The Kier molecular flexibility index (Phi) is 12.8. The van der Waals surface area contributed by atoms with E-state index in [1.165, 1.54) is 0 Å². The van der Waals surface area contributed by atoms with Gasteiger partial charge >= 0.3 is 0 Å². The van der Waals surface area contributed by atoms with Gasteiger partial charge in [-0.25, -0.2) is 0 Å². The Hall–Kier alpha value is -3.75. The second-order valence-corrected chi connectivity index (χ2v) is 11.0. The fraction of sp³-hybridized carbons (Fsp3) is 0.263. The van der Waals surface area contributed by atoms with Crippen LogP contribution in [0.2, 0.25) is 0 Å². The molecule has 7 heteroatoms. The first-order chi connectivity index (χ1) is 22.2. The Bertz CT molecular complexity index is 1450. The molecule has 1 aliphatic rings. The molecule has 0 bridgehead atoms. The first-order valence-electron chi connectivity index (χ1n) is 15.1. The molecule has 0 radical (unpaired) electrons. The minimum atomic E-state index is -0.950. The first-order valence-corrected chi connectivity index (χ1v) is 15.5. The average Bonchev–Trinajstić information content (AvgIpc) is 3.19. The molecule has 0 aromatic heterocycles. The average molecular weight is 627 g/mol. The summed E-state index contributed by atoms with van der Waals surface area (Å²) >= 11 is 7.10. The summed E-state index contributed by atoms with van der Waals surface area (Å²) < 4.78 is 38.7. The van der Waals surface area contributed by atoms with E-state index in [-0.39, 0.29) is 24.9 Å². The van der Waals surface area contributed by atoms with Crippen LogP contribution in [0, 0.1) is 0 Å². The zero-order chi connectivity index (χ0) is 31.1. The summed E-state index contributed by atoms with van der Waals surface area (Å²) in [5, 5.41) is 0.254. The van der Waals surface area contributed by atoms with Gasteiger partial charge in [-0.2, -0.15) is 0 Å². The van der Waals surface area contributed by atoms with Gasteiger partial charge in [0.05, 0.1) is 33.0 Å². The van der Waals surface area contributed by atoms with Crippen LogP contribution >= 0.6 is 11.6 Å². The Morgan fingerprint density at radius 1 is 0.622 bits per heavy atom. The van der Waals surface area contributed by atoms with E-state index in [4.69, 9.17) is 40.0 Å². The van der Waals surface area contributed by atoms with Crippen LogP contribution in [0.15, 0.2) is 145 Å². The number of ether oxygens (including phenoxy) is 6. The molecule has 0 saturated carbocycles. The van der Waals surface area contributed by atoms with E-state index in [0.29, 0.717) is 25.6 Å². The topological polar surface area (TPSA) is 55.4 Å². The van der Waals surface area contributed by atoms with Crippen LogP contribution in [-0.4, -0.2) is 37.8 Å². The molecule has 0 amide bonds. The Morgan fingerprint density at radius 3 is 1.64 bits per heavy atom. The maximum absolute atomic E-state index is 7.10. The largest absolute Gasteiger partial charge is 0.489 e. The highest BCUT2D eigenvalue weighted by molar-refractivity contribution is 6.30. The monoisotopic (exact) mass is 626 g/mol. The Morgan fingerprint density at radius 2 is 1.11 bits per heavy atom. The lowest BCUT2D eigenvalue weighted by Gasteiger charge is -2.32. The predicted molar refractivity (Wildman–Crippen MR) is 175 cm³/mol. The molecule has 0 spiro atoms. The van der Waals surface area contributed by atoms with Crippen molar-refractivity contribution >= 4 is 11.6 Å². The lowest BCUT2D eigenvalue weighted by molar-refractivity contribution is -0.205. The normalized spacial score (nSPS) is 20.0. The molecule has 4 aromatic rings. The van der Waals surface area contributed by atoms with Gasteiger partial charge in [0.15, 0.2) is 6.29 Å². The van der Waals surface area contributed by atoms with E-state index in [1.807, 2.05) is 121 Å². The standard InChI is InChI=1S/C38H39ClO6/c1-2-23-41-38-34(39)36(43-26-31-19-11-5-12-20-31)37(44-27-32-21-13-6-14-22-32)35(42-25-30-17-9-4-10-18-30)33(45-38)28-40-24-29-15-7-3-8-16-29/h2-22,33,35,37-38H,1,23-28H2/t33-,35-,37+,38+/m1/s1. The van der Waals surface area contributed by atoms with Crippen molar-refractivity contribution < 1.29 is 28.4 Å². The van der Waals surface area contributed by atoms with E-state index in [1.54, 1.807) is 6.08 Å². The number of benzene rings is 4. The van der Waals surface area contributed by atoms with Gasteiger partial charge in [0.25, 0.3) is 0 Å². The molecule has 6 nitrogen and oxygen atoms in total. The minimum absolute atomic E-state index is 0.198. The molecule has 234 valence electrons. The van der Waals surface area contributed by atoms with Crippen LogP contribution in [0.4, 0.5) is 0 Å². The van der Waals surface area contributed by atoms with Crippen LogP contribution in [-0.2, 0) is 54.8 Å². The summed E-state index contributed by atoms with van der Waals surface area (Å²) in [7, 11) is 0. The highest BCUT2D eigenvalue weighted by Gasteiger charge is 2.43. The smallest absolute Gasteiger partial charge is 0.198 e. The van der Waals surface area contributed by atoms with Gasteiger partial charge < -0.3 is 28.4 Å². The van der Waals surface area contributed by atoms with Gasteiger partial charge in [-0.15, -0.1) is 6.58 Å². The lowest BCUT2D eigenvalue weighted by Crippen LogP contribution is -2.45.